The van der Waals surface area contributed by atoms with Crippen LogP contribution in [0.15, 0.2) is 42.6 Å². The second-order valence-corrected chi connectivity index (χ2v) is 8.47. The maximum absolute atomic E-state index is 12.5. The maximum Gasteiger partial charge on any atom is 0.237 e. The standard InChI is InChI=1S/C20H21ClN4OS/c21-19-6-4-15(27-19)2-1-7-24-8-9-25(20(26)13-24)12-14-3-5-16-17(22)11-23-18(16)10-14/h1-6,10-11,23H,7-9,12-13,22H2. The van der Waals surface area contributed by atoms with Crippen LogP contribution in [0.5, 0.6) is 0 Å². The van der Waals surface area contributed by atoms with E-state index in [9.17, 15) is 4.79 Å². The number of hydrogen-bond acceptors (Lipinski definition) is 4. The fourth-order valence-corrected chi connectivity index (χ4v) is 4.32. The van der Waals surface area contributed by atoms with Crippen molar-refractivity contribution in [2.45, 2.75) is 6.54 Å². The second-order valence-electron chi connectivity index (χ2n) is 6.72. The van der Waals surface area contributed by atoms with Crippen molar-refractivity contribution < 1.29 is 4.79 Å². The van der Waals surface area contributed by atoms with E-state index in [4.69, 9.17) is 17.3 Å². The molecule has 3 N–H and O–H groups in total. The van der Waals surface area contributed by atoms with Crippen molar-refractivity contribution in [2.75, 3.05) is 31.9 Å². The van der Waals surface area contributed by atoms with Crippen LogP contribution in [0.2, 0.25) is 4.34 Å². The number of aromatic amines is 1. The Morgan fingerprint density at radius 2 is 2.15 bits per heavy atom. The van der Waals surface area contributed by atoms with Crippen LogP contribution in [-0.4, -0.2) is 46.9 Å². The van der Waals surface area contributed by atoms with Crippen LogP contribution in [0, 0.1) is 0 Å². The molecule has 1 amide bonds. The maximum atomic E-state index is 12.5. The van der Waals surface area contributed by atoms with Crippen molar-refractivity contribution in [2.24, 2.45) is 0 Å². The summed E-state index contributed by atoms with van der Waals surface area (Å²) in [7, 11) is 0. The zero-order valence-electron chi connectivity index (χ0n) is 14.8. The van der Waals surface area contributed by atoms with Crippen molar-refractivity contribution in [1.82, 2.24) is 14.8 Å². The van der Waals surface area contributed by atoms with E-state index < -0.39 is 0 Å². The highest BCUT2D eigenvalue weighted by molar-refractivity contribution is 7.16. The number of rotatable bonds is 5. The van der Waals surface area contributed by atoms with Crippen LogP contribution in [0.4, 0.5) is 5.69 Å². The first kappa shape index (κ1) is 18.1. The fourth-order valence-electron chi connectivity index (χ4n) is 3.33. The number of aromatic nitrogens is 1. The molecule has 2 aromatic heterocycles. The highest BCUT2D eigenvalue weighted by atomic mass is 35.5. The number of nitrogen functional groups attached to an aromatic ring is 1. The Kier molecular flexibility index (Phi) is 5.20. The Bertz CT molecular complexity index is 993. The van der Waals surface area contributed by atoms with Crippen molar-refractivity contribution in [3.63, 3.8) is 0 Å². The molecule has 27 heavy (non-hydrogen) atoms. The number of nitrogens with zero attached hydrogens (tertiary/aromatic N) is 2. The molecule has 0 bridgehead atoms. The molecule has 5 nitrogen and oxygen atoms in total. The molecule has 1 fully saturated rings. The largest absolute Gasteiger partial charge is 0.397 e. The number of nitrogens with one attached hydrogen (secondary N) is 1. The van der Waals surface area contributed by atoms with Gasteiger partial charge in [0, 0.05) is 48.2 Å². The van der Waals surface area contributed by atoms with Gasteiger partial charge in [-0.25, -0.2) is 0 Å². The van der Waals surface area contributed by atoms with Gasteiger partial charge in [-0.2, -0.15) is 0 Å². The van der Waals surface area contributed by atoms with Crippen LogP contribution >= 0.6 is 22.9 Å². The lowest BCUT2D eigenvalue weighted by molar-refractivity contribution is -0.136. The van der Waals surface area contributed by atoms with Crippen LogP contribution in [0.25, 0.3) is 17.0 Å². The minimum Gasteiger partial charge on any atom is -0.397 e. The lowest BCUT2D eigenvalue weighted by atomic mass is 10.1. The van der Waals surface area contributed by atoms with Gasteiger partial charge in [0.2, 0.25) is 5.91 Å². The number of amides is 1. The molecule has 0 unspecified atom stereocenters. The van der Waals surface area contributed by atoms with Crippen molar-refractivity contribution in [1.29, 1.82) is 0 Å². The molecule has 1 aliphatic rings. The topological polar surface area (TPSA) is 65.4 Å². The number of carbonyl (C=O) groups excluding carboxylic acids is 1. The van der Waals surface area contributed by atoms with Gasteiger partial charge in [0.05, 0.1) is 16.6 Å². The Hall–Kier alpha value is -2.28. The molecule has 1 saturated heterocycles. The number of carbonyl (C=O) groups is 1. The number of anilines is 1. The summed E-state index contributed by atoms with van der Waals surface area (Å²) in [4.78, 5) is 20.9. The molecule has 0 aliphatic carbocycles. The predicted molar refractivity (Wildman–Crippen MR) is 113 cm³/mol. The Labute approximate surface area is 167 Å². The summed E-state index contributed by atoms with van der Waals surface area (Å²) in [6, 6.07) is 10.0. The van der Waals surface area contributed by atoms with Crippen molar-refractivity contribution in [3.8, 4) is 0 Å². The second kappa shape index (κ2) is 7.76. The molecule has 1 aromatic carbocycles. The Morgan fingerprint density at radius 3 is 2.93 bits per heavy atom. The van der Waals surface area contributed by atoms with Gasteiger partial charge in [0.25, 0.3) is 0 Å². The summed E-state index contributed by atoms with van der Waals surface area (Å²) in [5.41, 5.74) is 8.78. The zero-order valence-corrected chi connectivity index (χ0v) is 16.4. The van der Waals surface area contributed by atoms with Crippen molar-refractivity contribution in [3.05, 3.63) is 57.4 Å². The first-order valence-corrected chi connectivity index (χ1v) is 10.1. The quantitative estimate of drug-likeness (QED) is 0.684. The minimum absolute atomic E-state index is 0.167. The number of H-pyrrole nitrogens is 1. The minimum atomic E-state index is 0.167. The van der Waals surface area contributed by atoms with Gasteiger partial charge in [0.1, 0.15) is 0 Å². The van der Waals surface area contributed by atoms with Gasteiger partial charge in [-0.05, 0) is 29.8 Å². The van der Waals surface area contributed by atoms with Gasteiger partial charge >= 0.3 is 0 Å². The van der Waals surface area contributed by atoms with Crippen LogP contribution < -0.4 is 5.73 Å². The van der Waals surface area contributed by atoms with Gasteiger partial charge in [-0.15, -0.1) is 11.3 Å². The molecule has 140 valence electrons. The first-order chi connectivity index (χ1) is 13.1. The summed E-state index contributed by atoms with van der Waals surface area (Å²) in [6.07, 6.45) is 5.95. The zero-order chi connectivity index (χ0) is 18.8. The predicted octanol–water partition coefficient (Wildman–Crippen LogP) is 3.82. The molecule has 4 rings (SSSR count). The highest BCUT2D eigenvalue weighted by Crippen LogP contribution is 2.23. The van der Waals surface area contributed by atoms with E-state index in [1.165, 1.54) is 0 Å². The number of fused-ring (bicyclic) bond motifs is 1. The Morgan fingerprint density at radius 1 is 1.26 bits per heavy atom. The Balaban J connectivity index is 1.32. The molecule has 7 heteroatoms. The monoisotopic (exact) mass is 400 g/mol. The van der Waals surface area contributed by atoms with E-state index in [0.29, 0.717) is 13.1 Å². The van der Waals surface area contributed by atoms with Crippen LogP contribution in [0.1, 0.15) is 10.4 Å². The third-order valence-electron chi connectivity index (χ3n) is 4.79. The normalized spacial score (nSPS) is 16.0. The smallest absolute Gasteiger partial charge is 0.237 e. The third kappa shape index (κ3) is 4.18. The van der Waals surface area contributed by atoms with E-state index in [1.54, 1.807) is 17.5 Å². The number of hydrogen-bond donors (Lipinski definition) is 2. The molecule has 0 radical (unpaired) electrons. The van der Waals surface area contributed by atoms with Crippen LogP contribution in [-0.2, 0) is 11.3 Å². The van der Waals surface area contributed by atoms with E-state index in [-0.39, 0.29) is 5.91 Å². The molecule has 3 heterocycles. The molecular formula is C20H21ClN4OS. The number of thiophene rings is 1. The van der Waals surface area contributed by atoms with Gasteiger partial charge in [0.15, 0.2) is 0 Å². The summed E-state index contributed by atoms with van der Waals surface area (Å²) in [6.45, 7) is 3.46. The molecule has 1 aliphatic heterocycles. The van der Waals surface area contributed by atoms with E-state index in [1.807, 2.05) is 29.2 Å². The van der Waals surface area contributed by atoms with E-state index >= 15 is 0 Å². The van der Waals surface area contributed by atoms with Gasteiger partial charge in [-0.3, -0.25) is 9.69 Å². The summed E-state index contributed by atoms with van der Waals surface area (Å²) in [5, 5.41) is 1.02. The van der Waals surface area contributed by atoms with Gasteiger partial charge < -0.3 is 15.6 Å². The van der Waals surface area contributed by atoms with Crippen molar-refractivity contribution >= 4 is 51.5 Å². The molecule has 0 atom stereocenters. The molecular weight excluding hydrogens is 380 g/mol. The SMILES string of the molecule is Nc1c[nH]c2cc(CN3CCN(CC=Cc4ccc(Cl)s4)CC3=O)ccc12. The molecule has 0 spiro atoms. The lowest BCUT2D eigenvalue weighted by Crippen LogP contribution is -2.49. The summed E-state index contributed by atoms with van der Waals surface area (Å²) >= 11 is 7.49. The number of benzene rings is 1. The fraction of sp³-hybridized carbons (Fsp3) is 0.250. The van der Waals surface area contributed by atoms with Crippen LogP contribution in [0.3, 0.4) is 0 Å². The first-order valence-electron chi connectivity index (χ1n) is 8.86. The third-order valence-corrected chi connectivity index (χ3v) is 5.99. The number of halogens is 1. The highest BCUT2D eigenvalue weighted by Gasteiger charge is 2.23. The average Bonchev–Trinajstić information content (AvgIpc) is 3.23. The lowest BCUT2D eigenvalue weighted by Gasteiger charge is -2.33. The summed E-state index contributed by atoms with van der Waals surface area (Å²) in [5.74, 6) is 0.167. The number of nitrogens with two attached hydrogens (primary N) is 1. The average molecular weight is 401 g/mol. The molecule has 3 aromatic rings. The molecule has 0 saturated carbocycles. The van der Waals surface area contributed by atoms with Gasteiger partial charge in [-0.1, -0.05) is 29.8 Å². The van der Waals surface area contributed by atoms with E-state index in [0.717, 1.165) is 51.0 Å². The number of piperazine rings is 1. The van der Waals surface area contributed by atoms with E-state index in [2.05, 4.69) is 28.1 Å². The summed E-state index contributed by atoms with van der Waals surface area (Å²) < 4.78 is 0.790.